The highest BCUT2D eigenvalue weighted by Gasteiger charge is 2.10. The summed E-state index contributed by atoms with van der Waals surface area (Å²) in [6.07, 6.45) is 0. The molecule has 0 aliphatic rings. The molecular formula is C14H23N3O2. The molecule has 0 aliphatic heterocycles. The fraction of sp³-hybridized carbons (Fsp3) is 0.500. The van der Waals surface area contributed by atoms with Crippen molar-refractivity contribution in [1.29, 1.82) is 0 Å². The molecule has 3 N–H and O–H groups in total. The van der Waals surface area contributed by atoms with Gasteiger partial charge in [0.25, 0.3) is 0 Å². The van der Waals surface area contributed by atoms with Crippen molar-refractivity contribution in [1.82, 2.24) is 4.90 Å². The van der Waals surface area contributed by atoms with E-state index in [1.807, 2.05) is 36.1 Å². The quantitative estimate of drug-likeness (QED) is 0.731. The number of nitrogens with two attached hydrogens (primary N) is 1. The Labute approximate surface area is 114 Å². The Morgan fingerprint density at radius 2 is 2.21 bits per heavy atom. The Kier molecular flexibility index (Phi) is 7.10. The first-order valence-corrected chi connectivity index (χ1v) is 6.43. The maximum absolute atomic E-state index is 11.9. The molecule has 0 radical (unpaired) electrons. The zero-order valence-corrected chi connectivity index (χ0v) is 11.7. The third-order valence-electron chi connectivity index (χ3n) is 2.73. The number of carbonyl (C=O) groups is 1. The molecule has 5 heteroatoms. The number of hydrogen-bond acceptors (Lipinski definition) is 4. The lowest BCUT2D eigenvalue weighted by atomic mass is 10.2. The summed E-state index contributed by atoms with van der Waals surface area (Å²) in [5.74, 6) is -0.0323. The molecule has 0 saturated heterocycles. The highest BCUT2D eigenvalue weighted by Crippen LogP contribution is 2.09. The van der Waals surface area contributed by atoms with E-state index in [1.54, 1.807) is 7.11 Å². The molecule has 0 spiro atoms. The Morgan fingerprint density at radius 3 is 2.84 bits per heavy atom. The van der Waals surface area contributed by atoms with Gasteiger partial charge in [-0.15, -0.1) is 0 Å². The molecule has 0 fully saturated rings. The van der Waals surface area contributed by atoms with Crippen molar-refractivity contribution in [2.75, 3.05) is 45.2 Å². The number of rotatable bonds is 8. The van der Waals surface area contributed by atoms with Gasteiger partial charge in [-0.2, -0.15) is 0 Å². The third-order valence-corrected chi connectivity index (χ3v) is 2.73. The van der Waals surface area contributed by atoms with E-state index in [0.717, 1.165) is 11.3 Å². The number of nitrogens with zero attached hydrogens (tertiary/aromatic N) is 1. The van der Waals surface area contributed by atoms with Crippen molar-refractivity contribution >= 4 is 11.6 Å². The van der Waals surface area contributed by atoms with E-state index in [0.29, 0.717) is 32.8 Å². The molecule has 0 bridgehead atoms. The zero-order valence-electron chi connectivity index (χ0n) is 11.7. The van der Waals surface area contributed by atoms with E-state index in [9.17, 15) is 4.79 Å². The third kappa shape index (κ3) is 6.33. The summed E-state index contributed by atoms with van der Waals surface area (Å²) in [7, 11) is 1.65. The van der Waals surface area contributed by atoms with Gasteiger partial charge in [0.2, 0.25) is 5.91 Å². The summed E-state index contributed by atoms with van der Waals surface area (Å²) in [6.45, 7) is 4.84. The molecule has 0 unspecified atom stereocenters. The molecule has 0 atom stereocenters. The fourth-order valence-corrected chi connectivity index (χ4v) is 1.80. The van der Waals surface area contributed by atoms with Crippen molar-refractivity contribution in [3.05, 3.63) is 29.8 Å². The summed E-state index contributed by atoms with van der Waals surface area (Å²) in [5, 5.41) is 2.89. The number of anilines is 1. The van der Waals surface area contributed by atoms with Crippen molar-refractivity contribution < 1.29 is 9.53 Å². The van der Waals surface area contributed by atoms with Gasteiger partial charge in [-0.3, -0.25) is 9.69 Å². The summed E-state index contributed by atoms with van der Waals surface area (Å²) < 4.78 is 5.02. The topological polar surface area (TPSA) is 67.6 Å². The van der Waals surface area contributed by atoms with E-state index in [-0.39, 0.29) is 5.91 Å². The Hall–Kier alpha value is -1.43. The highest BCUT2D eigenvalue weighted by atomic mass is 16.5. The first-order valence-electron chi connectivity index (χ1n) is 6.43. The minimum absolute atomic E-state index is 0.0323. The minimum Gasteiger partial charge on any atom is -0.383 e. The Bertz CT molecular complexity index is 396. The SMILES string of the molecule is COCCN(CCN)CC(=O)Nc1cccc(C)c1. The second-order valence-electron chi connectivity index (χ2n) is 4.48. The molecule has 19 heavy (non-hydrogen) atoms. The van der Waals surface area contributed by atoms with Crippen LogP contribution in [0.25, 0.3) is 0 Å². The van der Waals surface area contributed by atoms with Crippen LogP contribution in [0.2, 0.25) is 0 Å². The van der Waals surface area contributed by atoms with Crippen molar-refractivity contribution in [2.45, 2.75) is 6.92 Å². The van der Waals surface area contributed by atoms with Gasteiger partial charge in [0.15, 0.2) is 0 Å². The number of ether oxygens (including phenoxy) is 1. The van der Waals surface area contributed by atoms with Gasteiger partial charge >= 0.3 is 0 Å². The molecule has 0 aromatic heterocycles. The van der Waals surface area contributed by atoms with Crippen molar-refractivity contribution in [3.63, 3.8) is 0 Å². The van der Waals surface area contributed by atoms with E-state index in [4.69, 9.17) is 10.5 Å². The molecule has 1 aromatic rings. The van der Waals surface area contributed by atoms with E-state index < -0.39 is 0 Å². The van der Waals surface area contributed by atoms with Gasteiger partial charge in [-0.1, -0.05) is 12.1 Å². The molecule has 1 aromatic carbocycles. The average Bonchev–Trinajstić information content (AvgIpc) is 2.36. The first kappa shape index (κ1) is 15.6. The predicted octanol–water partition coefficient (Wildman–Crippen LogP) is 0.841. The smallest absolute Gasteiger partial charge is 0.238 e. The Balaban J connectivity index is 2.47. The predicted molar refractivity (Wildman–Crippen MR) is 77.2 cm³/mol. The maximum Gasteiger partial charge on any atom is 0.238 e. The molecule has 1 amide bonds. The first-order chi connectivity index (χ1) is 9.15. The van der Waals surface area contributed by atoms with Crippen LogP contribution in [0.3, 0.4) is 0 Å². The van der Waals surface area contributed by atoms with Gasteiger partial charge in [0.1, 0.15) is 0 Å². The summed E-state index contributed by atoms with van der Waals surface area (Å²) in [6, 6.07) is 7.75. The number of benzene rings is 1. The van der Waals surface area contributed by atoms with Gasteiger partial charge in [0, 0.05) is 32.4 Å². The van der Waals surface area contributed by atoms with Crippen LogP contribution in [0.5, 0.6) is 0 Å². The van der Waals surface area contributed by atoms with Crippen LogP contribution < -0.4 is 11.1 Å². The maximum atomic E-state index is 11.9. The summed E-state index contributed by atoms with van der Waals surface area (Å²) in [5.41, 5.74) is 7.48. The zero-order chi connectivity index (χ0) is 14.1. The van der Waals surface area contributed by atoms with Gasteiger partial charge < -0.3 is 15.8 Å². The van der Waals surface area contributed by atoms with E-state index in [2.05, 4.69) is 5.32 Å². The van der Waals surface area contributed by atoms with Crippen LogP contribution in [0.4, 0.5) is 5.69 Å². The van der Waals surface area contributed by atoms with E-state index in [1.165, 1.54) is 0 Å². The number of methoxy groups -OCH3 is 1. The number of aryl methyl sites for hydroxylation is 1. The highest BCUT2D eigenvalue weighted by molar-refractivity contribution is 5.92. The van der Waals surface area contributed by atoms with Crippen LogP contribution in [0, 0.1) is 6.92 Å². The normalized spacial score (nSPS) is 10.7. The Morgan fingerprint density at radius 1 is 1.42 bits per heavy atom. The summed E-state index contributed by atoms with van der Waals surface area (Å²) in [4.78, 5) is 13.9. The number of hydrogen-bond donors (Lipinski definition) is 2. The van der Waals surface area contributed by atoms with Crippen LogP contribution in [0.15, 0.2) is 24.3 Å². The molecule has 1 rings (SSSR count). The van der Waals surface area contributed by atoms with Crippen molar-refractivity contribution in [2.24, 2.45) is 5.73 Å². The van der Waals surface area contributed by atoms with Crippen LogP contribution in [-0.2, 0) is 9.53 Å². The van der Waals surface area contributed by atoms with Gasteiger partial charge in [0.05, 0.1) is 13.2 Å². The standard InChI is InChI=1S/C14H23N3O2/c1-12-4-3-5-13(10-12)16-14(18)11-17(7-6-15)8-9-19-2/h3-5,10H,6-9,11,15H2,1-2H3,(H,16,18). The molecular weight excluding hydrogens is 242 g/mol. The molecule has 5 nitrogen and oxygen atoms in total. The van der Waals surface area contributed by atoms with Gasteiger partial charge in [-0.05, 0) is 24.6 Å². The van der Waals surface area contributed by atoms with Crippen molar-refractivity contribution in [3.8, 4) is 0 Å². The second-order valence-corrected chi connectivity index (χ2v) is 4.48. The lowest BCUT2D eigenvalue weighted by molar-refractivity contribution is -0.117. The number of carbonyl (C=O) groups excluding carboxylic acids is 1. The molecule has 106 valence electrons. The lowest BCUT2D eigenvalue weighted by Gasteiger charge is -2.20. The summed E-state index contributed by atoms with van der Waals surface area (Å²) >= 11 is 0. The molecule has 0 heterocycles. The van der Waals surface area contributed by atoms with E-state index >= 15 is 0 Å². The average molecular weight is 265 g/mol. The number of nitrogens with one attached hydrogen (secondary N) is 1. The molecule has 0 saturated carbocycles. The lowest BCUT2D eigenvalue weighted by Crippen LogP contribution is -2.38. The van der Waals surface area contributed by atoms with Crippen LogP contribution in [0.1, 0.15) is 5.56 Å². The van der Waals surface area contributed by atoms with Gasteiger partial charge in [-0.25, -0.2) is 0 Å². The monoisotopic (exact) mass is 265 g/mol. The minimum atomic E-state index is -0.0323. The second kappa shape index (κ2) is 8.63. The molecule has 0 aliphatic carbocycles. The fourth-order valence-electron chi connectivity index (χ4n) is 1.80. The van der Waals surface area contributed by atoms with Crippen LogP contribution in [-0.4, -0.2) is 50.7 Å². The van der Waals surface area contributed by atoms with Crippen LogP contribution >= 0.6 is 0 Å². The largest absolute Gasteiger partial charge is 0.383 e. The number of amides is 1.